The molecule has 1 heterocycles. The van der Waals surface area contributed by atoms with E-state index in [4.69, 9.17) is 9.47 Å². The highest BCUT2D eigenvalue weighted by molar-refractivity contribution is 5.79. The largest absolute Gasteiger partial charge is 0.493 e. The van der Waals surface area contributed by atoms with E-state index in [0.29, 0.717) is 13.1 Å². The molecule has 0 spiro atoms. The number of ether oxygens (including phenoxy) is 2. The van der Waals surface area contributed by atoms with E-state index in [9.17, 15) is 0 Å². The highest BCUT2D eigenvalue weighted by atomic mass is 16.5. The number of nitrogens with one attached hydrogen (secondary N) is 1. The van der Waals surface area contributed by atoms with Gasteiger partial charge in [-0.3, -0.25) is 9.67 Å². The van der Waals surface area contributed by atoms with Crippen LogP contribution in [0.25, 0.3) is 0 Å². The number of hydrogen-bond acceptors (Lipinski definition) is 4. The van der Waals surface area contributed by atoms with Gasteiger partial charge in [-0.2, -0.15) is 5.10 Å². The average Bonchev–Trinajstić information content (AvgIpc) is 2.89. The predicted octanol–water partition coefficient (Wildman–Crippen LogP) is 2.57. The highest BCUT2D eigenvalue weighted by Gasteiger charge is 2.14. The molecule has 2 rings (SSSR count). The van der Waals surface area contributed by atoms with Crippen LogP contribution in [0.3, 0.4) is 0 Å². The number of benzene rings is 1. The van der Waals surface area contributed by atoms with E-state index in [-0.39, 0.29) is 0 Å². The summed E-state index contributed by atoms with van der Waals surface area (Å²) < 4.78 is 12.7. The number of aromatic nitrogens is 2. The van der Waals surface area contributed by atoms with Crippen molar-refractivity contribution in [3.8, 4) is 11.5 Å². The third kappa shape index (κ3) is 4.53. The molecule has 0 atom stereocenters. The lowest BCUT2D eigenvalue weighted by molar-refractivity contribution is 0.353. The summed E-state index contributed by atoms with van der Waals surface area (Å²) in [6.07, 6.45) is 0. The summed E-state index contributed by atoms with van der Waals surface area (Å²) in [6, 6.07) is 4.02. The second-order valence-electron chi connectivity index (χ2n) is 6.66. The van der Waals surface area contributed by atoms with Gasteiger partial charge in [0.15, 0.2) is 17.5 Å². The molecule has 0 radical (unpaired) electrons. The number of rotatable bonds is 6. The first-order valence-electron chi connectivity index (χ1n) is 8.94. The standard InChI is InChI=1S/C20H31N5O2/c1-13-9-18(26-7)19(27-8)10-16(13)12-24(5)20(21-4)22-11-17-14(2)23-25(6)15(17)3/h9-10H,11-12H2,1-8H3,(H,21,22). The molecule has 0 fully saturated rings. The molecule has 7 nitrogen and oxygen atoms in total. The van der Waals surface area contributed by atoms with Crippen molar-refractivity contribution in [3.05, 3.63) is 40.2 Å². The van der Waals surface area contributed by atoms with Gasteiger partial charge in [-0.05, 0) is 44.0 Å². The van der Waals surface area contributed by atoms with Gasteiger partial charge in [0, 0.05) is 45.5 Å². The fourth-order valence-corrected chi connectivity index (χ4v) is 3.15. The lowest BCUT2D eigenvalue weighted by atomic mass is 10.1. The fraction of sp³-hybridized carbons (Fsp3) is 0.500. The van der Waals surface area contributed by atoms with Crippen molar-refractivity contribution in [2.45, 2.75) is 33.9 Å². The van der Waals surface area contributed by atoms with Crippen LogP contribution in [0, 0.1) is 20.8 Å². The topological polar surface area (TPSA) is 63.9 Å². The molecule has 27 heavy (non-hydrogen) atoms. The van der Waals surface area contributed by atoms with E-state index < -0.39 is 0 Å². The summed E-state index contributed by atoms with van der Waals surface area (Å²) >= 11 is 0. The number of hydrogen-bond donors (Lipinski definition) is 1. The maximum absolute atomic E-state index is 5.44. The Morgan fingerprint density at radius 2 is 1.81 bits per heavy atom. The maximum Gasteiger partial charge on any atom is 0.193 e. The normalized spacial score (nSPS) is 11.5. The lowest BCUT2D eigenvalue weighted by Gasteiger charge is -2.24. The molecule has 0 aliphatic rings. The first-order valence-corrected chi connectivity index (χ1v) is 8.94. The van der Waals surface area contributed by atoms with Crippen molar-refractivity contribution in [2.24, 2.45) is 12.0 Å². The molecule has 1 aromatic heterocycles. The van der Waals surface area contributed by atoms with Crippen molar-refractivity contribution in [1.82, 2.24) is 20.0 Å². The zero-order valence-corrected chi connectivity index (χ0v) is 17.7. The lowest BCUT2D eigenvalue weighted by Crippen LogP contribution is -2.38. The molecule has 0 unspecified atom stereocenters. The van der Waals surface area contributed by atoms with Crippen LogP contribution in [0.5, 0.6) is 11.5 Å². The van der Waals surface area contributed by atoms with Gasteiger partial charge >= 0.3 is 0 Å². The van der Waals surface area contributed by atoms with Crippen LogP contribution in [0.2, 0.25) is 0 Å². The molecule has 148 valence electrons. The Bertz CT molecular complexity index is 826. The third-order valence-electron chi connectivity index (χ3n) is 4.91. The maximum atomic E-state index is 5.44. The Labute approximate surface area is 162 Å². The second kappa shape index (κ2) is 8.79. The first kappa shape index (κ1) is 20.6. The van der Waals surface area contributed by atoms with Crippen molar-refractivity contribution >= 4 is 5.96 Å². The van der Waals surface area contributed by atoms with Crippen molar-refractivity contribution in [1.29, 1.82) is 0 Å². The summed E-state index contributed by atoms with van der Waals surface area (Å²) in [4.78, 5) is 6.51. The number of aryl methyl sites for hydroxylation is 3. The van der Waals surface area contributed by atoms with Crippen LogP contribution >= 0.6 is 0 Å². The molecule has 2 aromatic rings. The summed E-state index contributed by atoms with van der Waals surface area (Å²) in [6.45, 7) is 7.58. The number of aliphatic imine (C=N–C) groups is 1. The molecule has 0 bridgehead atoms. The van der Waals surface area contributed by atoms with Gasteiger partial charge in [-0.25, -0.2) is 0 Å². The van der Waals surface area contributed by atoms with E-state index in [2.05, 4.69) is 34.2 Å². The third-order valence-corrected chi connectivity index (χ3v) is 4.91. The monoisotopic (exact) mass is 373 g/mol. The van der Waals surface area contributed by atoms with Crippen LogP contribution < -0.4 is 14.8 Å². The molecule has 0 aliphatic heterocycles. The summed E-state index contributed by atoms with van der Waals surface area (Å²) in [5.41, 5.74) is 5.71. The molecular formula is C20H31N5O2. The summed E-state index contributed by atoms with van der Waals surface area (Å²) in [7, 11) is 9.08. The van der Waals surface area contributed by atoms with Gasteiger partial charge in [-0.1, -0.05) is 0 Å². The Hall–Kier alpha value is -2.70. The van der Waals surface area contributed by atoms with Crippen LogP contribution in [0.1, 0.15) is 28.1 Å². The fourth-order valence-electron chi connectivity index (χ4n) is 3.15. The van der Waals surface area contributed by atoms with Crippen molar-refractivity contribution < 1.29 is 9.47 Å². The zero-order valence-electron chi connectivity index (χ0n) is 17.7. The Morgan fingerprint density at radius 1 is 1.19 bits per heavy atom. The van der Waals surface area contributed by atoms with Gasteiger partial charge in [0.05, 0.1) is 19.9 Å². The van der Waals surface area contributed by atoms with E-state index in [1.54, 1.807) is 21.3 Å². The Morgan fingerprint density at radius 3 is 2.33 bits per heavy atom. The highest BCUT2D eigenvalue weighted by Crippen LogP contribution is 2.30. The molecule has 0 aliphatic carbocycles. The van der Waals surface area contributed by atoms with E-state index in [1.165, 1.54) is 5.56 Å². The molecule has 0 saturated heterocycles. The molecule has 0 saturated carbocycles. The van der Waals surface area contributed by atoms with Gasteiger partial charge in [-0.15, -0.1) is 0 Å². The minimum absolute atomic E-state index is 0.688. The van der Waals surface area contributed by atoms with Gasteiger partial charge in [0.1, 0.15) is 0 Å². The molecule has 7 heteroatoms. The molecule has 1 aromatic carbocycles. The number of nitrogens with zero attached hydrogens (tertiary/aromatic N) is 4. The van der Waals surface area contributed by atoms with Gasteiger partial charge in [0.2, 0.25) is 0 Å². The second-order valence-corrected chi connectivity index (χ2v) is 6.66. The summed E-state index contributed by atoms with van der Waals surface area (Å²) in [5.74, 6) is 2.30. The van der Waals surface area contributed by atoms with Crippen LogP contribution in [-0.4, -0.2) is 49.0 Å². The van der Waals surface area contributed by atoms with E-state index in [1.807, 2.05) is 37.8 Å². The number of guanidine groups is 1. The molecule has 0 amide bonds. The van der Waals surface area contributed by atoms with Crippen LogP contribution in [-0.2, 0) is 20.1 Å². The molecular weight excluding hydrogens is 342 g/mol. The van der Waals surface area contributed by atoms with Crippen molar-refractivity contribution in [2.75, 3.05) is 28.3 Å². The van der Waals surface area contributed by atoms with E-state index >= 15 is 0 Å². The quantitative estimate of drug-likeness (QED) is 0.623. The van der Waals surface area contributed by atoms with Crippen molar-refractivity contribution in [3.63, 3.8) is 0 Å². The number of methoxy groups -OCH3 is 2. The molecule has 1 N–H and O–H groups in total. The minimum Gasteiger partial charge on any atom is -0.493 e. The van der Waals surface area contributed by atoms with Gasteiger partial charge < -0.3 is 19.7 Å². The smallest absolute Gasteiger partial charge is 0.193 e. The Kier molecular flexibility index (Phi) is 6.71. The SMILES string of the molecule is CN=C(NCc1c(C)nn(C)c1C)N(C)Cc1cc(OC)c(OC)cc1C. The first-order chi connectivity index (χ1) is 12.8. The zero-order chi connectivity index (χ0) is 20.1. The Balaban J connectivity index is 2.12. The van der Waals surface area contributed by atoms with E-state index in [0.717, 1.165) is 40.0 Å². The average molecular weight is 374 g/mol. The minimum atomic E-state index is 0.688. The van der Waals surface area contributed by atoms with Crippen LogP contribution in [0.4, 0.5) is 0 Å². The van der Waals surface area contributed by atoms with Gasteiger partial charge in [0.25, 0.3) is 0 Å². The predicted molar refractivity (Wildman–Crippen MR) is 109 cm³/mol. The summed E-state index contributed by atoms with van der Waals surface area (Å²) in [5, 5.41) is 7.91. The van der Waals surface area contributed by atoms with Crippen LogP contribution in [0.15, 0.2) is 17.1 Å².